The van der Waals surface area contributed by atoms with Gasteiger partial charge in [-0.2, -0.15) is 0 Å². The topological polar surface area (TPSA) is 120 Å². The van der Waals surface area contributed by atoms with Gasteiger partial charge in [-0.1, -0.05) is 13.0 Å². The fourth-order valence-electron chi connectivity index (χ4n) is 5.24. The number of furan rings is 1. The van der Waals surface area contributed by atoms with Crippen LogP contribution in [-0.4, -0.2) is 79.5 Å². The molecule has 3 aliphatic rings. The Hall–Kier alpha value is -4.19. The van der Waals surface area contributed by atoms with Gasteiger partial charge >= 0.3 is 6.03 Å². The van der Waals surface area contributed by atoms with Crippen LogP contribution in [0.1, 0.15) is 47.5 Å². The van der Waals surface area contributed by atoms with Gasteiger partial charge in [-0.3, -0.25) is 14.9 Å². The maximum absolute atomic E-state index is 13.6. The minimum absolute atomic E-state index is 0.118. The van der Waals surface area contributed by atoms with Crippen molar-refractivity contribution in [2.24, 2.45) is 0 Å². The first-order chi connectivity index (χ1) is 19.3. The Bertz CT molecular complexity index is 1440. The molecule has 1 atom stereocenters. The maximum atomic E-state index is 13.6. The molecule has 2 saturated heterocycles. The molecule has 3 aliphatic heterocycles. The van der Waals surface area contributed by atoms with Crippen LogP contribution in [0.15, 0.2) is 34.7 Å². The van der Waals surface area contributed by atoms with Crippen molar-refractivity contribution in [1.29, 1.82) is 0 Å². The maximum Gasteiger partial charge on any atom is 0.322 e. The van der Waals surface area contributed by atoms with E-state index in [4.69, 9.17) is 14.1 Å². The van der Waals surface area contributed by atoms with Gasteiger partial charge in [0.2, 0.25) is 0 Å². The largest absolute Gasteiger partial charge is 0.494 e. The quantitative estimate of drug-likeness (QED) is 0.464. The molecule has 2 fully saturated rings. The molecule has 1 aromatic carbocycles. The van der Waals surface area contributed by atoms with Gasteiger partial charge in [0.1, 0.15) is 17.1 Å². The van der Waals surface area contributed by atoms with Crippen LogP contribution >= 0.6 is 0 Å². The molecule has 11 nitrogen and oxygen atoms in total. The molecule has 0 spiro atoms. The summed E-state index contributed by atoms with van der Waals surface area (Å²) in [5.74, 6) is 0.196. The fourth-order valence-corrected chi connectivity index (χ4v) is 5.24. The Morgan fingerprint density at radius 1 is 1.12 bits per heavy atom. The number of fused-ring (bicyclic) bond motifs is 2. The van der Waals surface area contributed by atoms with Crippen molar-refractivity contribution in [3.63, 3.8) is 0 Å². The highest BCUT2D eigenvalue weighted by Crippen LogP contribution is 2.30. The molecule has 0 aliphatic carbocycles. The summed E-state index contributed by atoms with van der Waals surface area (Å²) >= 11 is 0. The highest BCUT2D eigenvalue weighted by molar-refractivity contribution is 6.04. The van der Waals surface area contributed by atoms with Crippen LogP contribution in [-0.2, 0) is 11.3 Å². The number of anilines is 1. The van der Waals surface area contributed by atoms with Gasteiger partial charge in [0.25, 0.3) is 11.8 Å². The molecule has 0 bridgehead atoms. The Kier molecular flexibility index (Phi) is 7.88. The lowest BCUT2D eigenvalue weighted by Crippen LogP contribution is -2.31. The summed E-state index contributed by atoms with van der Waals surface area (Å²) in [7, 11) is 3.03. The zero-order valence-corrected chi connectivity index (χ0v) is 22.8. The molecule has 12 heteroatoms. The molecule has 5 heterocycles. The molecule has 40 heavy (non-hydrogen) atoms. The first-order valence-corrected chi connectivity index (χ1v) is 13.4. The number of ether oxygens (including phenoxy) is 1. The summed E-state index contributed by atoms with van der Waals surface area (Å²) in [6.07, 6.45) is 2.29. The molecule has 212 valence electrons. The van der Waals surface area contributed by atoms with E-state index >= 15 is 0 Å². The van der Waals surface area contributed by atoms with Crippen molar-refractivity contribution in [3.05, 3.63) is 53.0 Å². The number of methoxy groups -OCH3 is 1. The predicted octanol–water partition coefficient (Wildman–Crippen LogP) is 3.05. The fraction of sp³-hybridized carbons (Fsp3) is 0.429. The average molecular weight is 553 g/mol. The second kappa shape index (κ2) is 11.5. The van der Waals surface area contributed by atoms with E-state index in [1.807, 2.05) is 12.1 Å². The van der Waals surface area contributed by atoms with Crippen LogP contribution in [0.2, 0.25) is 0 Å². The lowest BCUT2D eigenvalue weighted by atomic mass is 10.1. The van der Waals surface area contributed by atoms with Crippen molar-refractivity contribution in [1.82, 2.24) is 25.4 Å². The standard InChI is InChI=1S/C18H23N5O3.C10H10FNO2/c1-2-6-22-7-3-8-23(10-9-22)15-5-4-13-12(19-15)11-14(26-13)16-17(24)21-18(25)20-16;1-12-5-6-3-4-7(14-2)9(11)8(6)10(12)13/h4-5,11,16H,2-3,6-10H2,1H3,(H2,20,21,24,25);3-4H,5H2,1-2H3. The van der Waals surface area contributed by atoms with Gasteiger partial charge in [0.15, 0.2) is 23.2 Å². The smallest absolute Gasteiger partial charge is 0.322 e. The van der Waals surface area contributed by atoms with Crippen LogP contribution in [0.5, 0.6) is 5.75 Å². The molecular weight excluding hydrogens is 519 g/mol. The zero-order valence-electron chi connectivity index (χ0n) is 22.8. The first-order valence-electron chi connectivity index (χ1n) is 13.4. The molecule has 1 unspecified atom stereocenters. The summed E-state index contributed by atoms with van der Waals surface area (Å²) < 4.78 is 24.2. The number of carbonyl (C=O) groups is 3. The van der Waals surface area contributed by atoms with Crippen LogP contribution in [0.3, 0.4) is 0 Å². The second-order valence-electron chi connectivity index (χ2n) is 10.1. The number of nitrogens with one attached hydrogen (secondary N) is 2. The van der Waals surface area contributed by atoms with Crippen LogP contribution < -0.4 is 20.3 Å². The SMILES string of the molecule is CCCN1CCCN(c2ccc3oc(C4NC(=O)NC4=O)cc3n2)CC1.COc1ccc2c(c1F)C(=O)N(C)C2. The van der Waals surface area contributed by atoms with Crippen LogP contribution in [0, 0.1) is 5.82 Å². The summed E-state index contributed by atoms with van der Waals surface area (Å²) in [6.45, 7) is 7.91. The van der Waals surface area contributed by atoms with Gasteiger partial charge in [-0.05, 0) is 49.7 Å². The number of urea groups is 1. The molecular formula is C28H33FN6O5. The number of imide groups is 1. The first kappa shape index (κ1) is 27.4. The van der Waals surface area contributed by atoms with Gasteiger partial charge in [-0.15, -0.1) is 0 Å². The molecule has 3 aromatic rings. The number of rotatable bonds is 5. The predicted molar refractivity (Wildman–Crippen MR) is 146 cm³/mol. The Morgan fingerprint density at radius 2 is 1.95 bits per heavy atom. The van der Waals surface area contributed by atoms with Gasteiger partial charge in [-0.25, -0.2) is 14.2 Å². The number of aromatic nitrogens is 1. The third kappa shape index (κ3) is 5.44. The third-order valence-electron chi connectivity index (χ3n) is 7.27. The molecule has 2 N–H and O–H groups in total. The van der Waals surface area contributed by atoms with E-state index in [0.717, 1.165) is 50.5 Å². The van der Waals surface area contributed by atoms with Crippen molar-refractivity contribution in [2.75, 3.05) is 51.8 Å². The van der Waals surface area contributed by atoms with Crippen molar-refractivity contribution < 1.29 is 27.9 Å². The lowest BCUT2D eigenvalue weighted by molar-refractivity contribution is -0.120. The van der Waals surface area contributed by atoms with Gasteiger partial charge < -0.3 is 29.2 Å². The minimum atomic E-state index is -0.791. The van der Waals surface area contributed by atoms with Crippen LogP contribution in [0.25, 0.3) is 11.1 Å². The number of carbonyl (C=O) groups excluding carboxylic acids is 3. The summed E-state index contributed by atoms with van der Waals surface area (Å²) in [5.41, 5.74) is 2.17. The number of halogens is 1. The number of pyridine rings is 1. The Labute approximate surface area is 231 Å². The van der Waals surface area contributed by atoms with Crippen molar-refractivity contribution in [3.8, 4) is 5.75 Å². The van der Waals surface area contributed by atoms with Gasteiger partial charge in [0, 0.05) is 39.3 Å². The number of amides is 4. The number of nitrogens with zero attached hydrogens (tertiary/aromatic N) is 4. The average Bonchev–Trinajstić information content (AvgIpc) is 3.53. The summed E-state index contributed by atoms with van der Waals surface area (Å²) in [6, 6.07) is 7.54. The minimum Gasteiger partial charge on any atom is -0.494 e. The monoisotopic (exact) mass is 552 g/mol. The summed E-state index contributed by atoms with van der Waals surface area (Å²) in [5, 5.41) is 4.76. The molecule has 4 amide bonds. The Balaban J connectivity index is 0.000000194. The molecule has 0 saturated carbocycles. The van der Waals surface area contributed by atoms with Crippen LogP contribution in [0.4, 0.5) is 15.0 Å². The van der Waals surface area contributed by atoms with E-state index in [1.165, 1.54) is 18.4 Å². The summed E-state index contributed by atoms with van der Waals surface area (Å²) in [4.78, 5) is 45.6. The highest BCUT2D eigenvalue weighted by atomic mass is 19.1. The van der Waals surface area contributed by atoms with E-state index in [0.29, 0.717) is 23.4 Å². The number of hydrogen-bond acceptors (Lipinski definition) is 8. The van der Waals surface area contributed by atoms with Crippen molar-refractivity contribution >= 4 is 34.8 Å². The molecule has 2 aromatic heterocycles. The van der Waals surface area contributed by atoms with E-state index in [1.54, 1.807) is 25.2 Å². The Morgan fingerprint density at radius 3 is 2.67 bits per heavy atom. The lowest BCUT2D eigenvalue weighted by Gasteiger charge is -2.22. The van der Waals surface area contributed by atoms with E-state index < -0.39 is 23.8 Å². The third-order valence-corrected chi connectivity index (χ3v) is 7.27. The highest BCUT2D eigenvalue weighted by Gasteiger charge is 2.34. The zero-order chi connectivity index (χ0) is 28.4. The normalized spacial score (nSPS) is 19.2. The van der Waals surface area contributed by atoms with Crippen molar-refractivity contribution in [2.45, 2.75) is 32.4 Å². The second-order valence-corrected chi connectivity index (χ2v) is 10.1. The van der Waals surface area contributed by atoms with E-state index in [2.05, 4.69) is 27.4 Å². The number of benzene rings is 1. The van der Waals surface area contributed by atoms with E-state index in [9.17, 15) is 18.8 Å². The number of hydrogen-bond donors (Lipinski definition) is 2. The van der Waals surface area contributed by atoms with Gasteiger partial charge in [0.05, 0.1) is 12.7 Å². The molecule has 6 rings (SSSR count). The van der Waals surface area contributed by atoms with E-state index in [-0.39, 0.29) is 17.2 Å². The molecule has 0 radical (unpaired) electrons.